The number of amides is 1. The topological polar surface area (TPSA) is 42.0 Å². The number of nitrogens with zero attached hydrogens (tertiary/aromatic N) is 1. The smallest absolute Gasteiger partial charge is 0.253 e. The second-order valence-corrected chi connectivity index (χ2v) is 4.59. The van der Waals surface area contributed by atoms with Gasteiger partial charge in [-0.1, -0.05) is 36.8 Å². The first-order valence-corrected chi connectivity index (χ1v) is 6.48. The van der Waals surface area contributed by atoms with Crippen molar-refractivity contribution in [2.45, 2.75) is 26.3 Å². The van der Waals surface area contributed by atoms with Crippen molar-refractivity contribution in [2.75, 3.05) is 0 Å². The molecule has 0 aliphatic heterocycles. The third-order valence-electron chi connectivity index (χ3n) is 3.12. The van der Waals surface area contributed by atoms with Crippen LogP contribution in [-0.4, -0.2) is 10.9 Å². The highest BCUT2D eigenvalue weighted by Gasteiger charge is 2.13. The minimum Gasteiger partial charge on any atom is -0.345 e. The molecule has 19 heavy (non-hydrogen) atoms. The Balaban J connectivity index is 2.11. The standard InChI is InChI=1S/C16H18N2O/c1-3-15(13-8-6-12(2)7-9-13)18-16(19)14-5-4-10-17-11-14/h4-11,15H,3H2,1-2H3,(H,18,19)/t15-/m0/s1. The number of aryl methyl sites for hydroxylation is 1. The lowest BCUT2D eigenvalue weighted by atomic mass is 10.0. The maximum absolute atomic E-state index is 12.1. The van der Waals surface area contributed by atoms with Gasteiger partial charge in [-0.3, -0.25) is 9.78 Å². The molecule has 0 bridgehead atoms. The van der Waals surface area contributed by atoms with E-state index < -0.39 is 0 Å². The van der Waals surface area contributed by atoms with Crippen LogP contribution in [0, 0.1) is 6.92 Å². The minimum atomic E-state index is -0.0828. The largest absolute Gasteiger partial charge is 0.345 e. The van der Waals surface area contributed by atoms with E-state index >= 15 is 0 Å². The molecule has 0 unspecified atom stereocenters. The fourth-order valence-corrected chi connectivity index (χ4v) is 1.96. The van der Waals surface area contributed by atoms with E-state index in [1.165, 1.54) is 5.56 Å². The van der Waals surface area contributed by atoms with E-state index in [1.807, 2.05) is 0 Å². The Bertz CT molecular complexity index is 534. The van der Waals surface area contributed by atoms with Gasteiger partial charge in [-0.05, 0) is 31.0 Å². The summed E-state index contributed by atoms with van der Waals surface area (Å²) in [6, 6.07) is 11.8. The van der Waals surface area contributed by atoms with Crippen LogP contribution in [0.3, 0.4) is 0 Å². The molecule has 3 nitrogen and oxygen atoms in total. The molecule has 1 atom stereocenters. The summed E-state index contributed by atoms with van der Waals surface area (Å²) in [7, 11) is 0. The highest BCUT2D eigenvalue weighted by Crippen LogP contribution is 2.17. The van der Waals surface area contributed by atoms with E-state index in [2.05, 4.69) is 48.4 Å². The number of pyridine rings is 1. The zero-order valence-electron chi connectivity index (χ0n) is 11.3. The SMILES string of the molecule is CC[C@H](NC(=O)c1cccnc1)c1ccc(C)cc1. The molecule has 0 aliphatic carbocycles. The Kier molecular flexibility index (Phi) is 4.29. The highest BCUT2D eigenvalue weighted by atomic mass is 16.1. The highest BCUT2D eigenvalue weighted by molar-refractivity contribution is 5.94. The summed E-state index contributed by atoms with van der Waals surface area (Å²) in [5.41, 5.74) is 2.94. The number of hydrogen-bond acceptors (Lipinski definition) is 2. The lowest BCUT2D eigenvalue weighted by Gasteiger charge is -2.17. The molecule has 98 valence electrons. The van der Waals surface area contributed by atoms with Gasteiger partial charge in [-0.25, -0.2) is 0 Å². The zero-order chi connectivity index (χ0) is 13.7. The van der Waals surface area contributed by atoms with Crippen molar-refractivity contribution in [3.8, 4) is 0 Å². The Labute approximate surface area is 113 Å². The quantitative estimate of drug-likeness (QED) is 0.909. The summed E-state index contributed by atoms with van der Waals surface area (Å²) in [4.78, 5) is 16.1. The molecule has 0 fully saturated rings. The van der Waals surface area contributed by atoms with Crippen LogP contribution in [0.1, 0.15) is 40.9 Å². The van der Waals surface area contributed by atoms with Crippen molar-refractivity contribution < 1.29 is 4.79 Å². The number of carbonyl (C=O) groups is 1. The molecule has 1 N–H and O–H groups in total. The molecule has 1 aromatic carbocycles. The van der Waals surface area contributed by atoms with E-state index in [1.54, 1.807) is 24.5 Å². The number of hydrogen-bond donors (Lipinski definition) is 1. The van der Waals surface area contributed by atoms with Crippen molar-refractivity contribution >= 4 is 5.91 Å². The zero-order valence-corrected chi connectivity index (χ0v) is 11.3. The summed E-state index contributed by atoms with van der Waals surface area (Å²) < 4.78 is 0. The van der Waals surface area contributed by atoms with Gasteiger partial charge in [-0.15, -0.1) is 0 Å². The summed E-state index contributed by atoms with van der Waals surface area (Å²) in [5, 5.41) is 3.04. The first-order chi connectivity index (χ1) is 9.20. The molecule has 0 saturated carbocycles. The Morgan fingerprint density at radius 3 is 2.58 bits per heavy atom. The van der Waals surface area contributed by atoms with Crippen LogP contribution in [0.2, 0.25) is 0 Å². The predicted molar refractivity (Wildman–Crippen MR) is 75.9 cm³/mol. The number of aromatic nitrogens is 1. The summed E-state index contributed by atoms with van der Waals surface area (Å²) in [6.07, 6.45) is 4.10. The molecule has 0 saturated heterocycles. The molecular formula is C16H18N2O. The predicted octanol–water partition coefficient (Wildman–Crippen LogP) is 3.27. The summed E-state index contributed by atoms with van der Waals surface area (Å²) in [5.74, 6) is -0.0828. The molecule has 0 aliphatic rings. The third kappa shape index (κ3) is 3.41. The lowest BCUT2D eigenvalue weighted by molar-refractivity contribution is 0.0935. The molecule has 1 heterocycles. The van der Waals surface area contributed by atoms with Gasteiger partial charge in [0.2, 0.25) is 0 Å². The van der Waals surface area contributed by atoms with E-state index in [-0.39, 0.29) is 11.9 Å². The minimum absolute atomic E-state index is 0.0355. The molecule has 2 rings (SSSR count). The van der Waals surface area contributed by atoms with Crippen LogP contribution in [0.15, 0.2) is 48.8 Å². The van der Waals surface area contributed by atoms with E-state index in [0.717, 1.165) is 12.0 Å². The number of rotatable bonds is 4. The van der Waals surface area contributed by atoms with Crippen LogP contribution in [0.4, 0.5) is 0 Å². The number of nitrogens with one attached hydrogen (secondary N) is 1. The molecule has 2 aromatic rings. The maximum atomic E-state index is 12.1. The number of carbonyl (C=O) groups excluding carboxylic acids is 1. The fraction of sp³-hybridized carbons (Fsp3) is 0.250. The normalized spacial score (nSPS) is 11.9. The second kappa shape index (κ2) is 6.14. The first-order valence-electron chi connectivity index (χ1n) is 6.48. The van der Waals surface area contributed by atoms with E-state index in [4.69, 9.17) is 0 Å². The Morgan fingerprint density at radius 2 is 2.00 bits per heavy atom. The molecule has 0 radical (unpaired) electrons. The molecule has 3 heteroatoms. The van der Waals surface area contributed by atoms with Crippen LogP contribution in [0.25, 0.3) is 0 Å². The monoisotopic (exact) mass is 254 g/mol. The van der Waals surface area contributed by atoms with Gasteiger partial charge < -0.3 is 5.32 Å². The fourth-order valence-electron chi connectivity index (χ4n) is 1.96. The first kappa shape index (κ1) is 13.3. The average molecular weight is 254 g/mol. The van der Waals surface area contributed by atoms with Crippen LogP contribution < -0.4 is 5.32 Å². The second-order valence-electron chi connectivity index (χ2n) is 4.59. The van der Waals surface area contributed by atoms with Crippen LogP contribution in [-0.2, 0) is 0 Å². The van der Waals surface area contributed by atoms with Crippen LogP contribution in [0.5, 0.6) is 0 Å². The van der Waals surface area contributed by atoms with Gasteiger partial charge in [0.25, 0.3) is 5.91 Å². The Morgan fingerprint density at radius 1 is 1.26 bits per heavy atom. The van der Waals surface area contributed by atoms with Crippen molar-refractivity contribution in [3.05, 3.63) is 65.5 Å². The summed E-state index contributed by atoms with van der Waals surface area (Å²) in [6.45, 7) is 4.12. The Hall–Kier alpha value is -2.16. The van der Waals surface area contributed by atoms with Crippen molar-refractivity contribution in [2.24, 2.45) is 0 Å². The van der Waals surface area contributed by atoms with Gasteiger partial charge in [0, 0.05) is 12.4 Å². The van der Waals surface area contributed by atoms with Gasteiger partial charge in [0.15, 0.2) is 0 Å². The molecule has 1 amide bonds. The van der Waals surface area contributed by atoms with E-state index in [9.17, 15) is 4.79 Å². The average Bonchev–Trinajstić information content (AvgIpc) is 2.46. The summed E-state index contributed by atoms with van der Waals surface area (Å²) >= 11 is 0. The van der Waals surface area contributed by atoms with Crippen molar-refractivity contribution in [1.82, 2.24) is 10.3 Å². The van der Waals surface area contributed by atoms with E-state index in [0.29, 0.717) is 5.56 Å². The van der Waals surface area contributed by atoms with Gasteiger partial charge >= 0.3 is 0 Å². The van der Waals surface area contributed by atoms with Crippen molar-refractivity contribution in [1.29, 1.82) is 0 Å². The van der Waals surface area contributed by atoms with Gasteiger partial charge in [-0.2, -0.15) is 0 Å². The van der Waals surface area contributed by atoms with Crippen molar-refractivity contribution in [3.63, 3.8) is 0 Å². The molecule has 0 spiro atoms. The van der Waals surface area contributed by atoms with Gasteiger partial charge in [0.05, 0.1) is 11.6 Å². The molecule has 1 aromatic heterocycles. The maximum Gasteiger partial charge on any atom is 0.253 e. The van der Waals surface area contributed by atoms with Gasteiger partial charge in [0.1, 0.15) is 0 Å². The van der Waals surface area contributed by atoms with Crippen LogP contribution >= 0.6 is 0 Å². The third-order valence-corrected chi connectivity index (χ3v) is 3.12. The number of benzene rings is 1. The molecular weight excluding hydrogens is 236 g/mol. The lowest BCUT2D eigenvalue weighted by Crippen LogP contribution is -2.28.